The normalized spacial score (nSPS) is 14.5. The van der Waals surface area contributed by atoms with Gasteiger partial charge in [-0.05, 0) is 6.07 Å². The van der Waals surface area contributed by atoms with Gasteiger partial charge in [-0.3, -0.25) is 10.2 Å². The van der Waals surface area contributed by atoms with Crippen LogP contribution >= 0.6 is 0 Å². The number of rotatable bonds is 2. The second-order valence-corrected chi connectivity index (χ2v) is 2.94. The lowest BCUT2D eigenvalue weighted by atomic mass is 10.1. The lowest BCUT2D eigenvalue weighted by Crippen LogP contribution is -2.31. The van der Waals surface area contributed by atoms with Crippen molar-refractivity contribution in [3.05, 3.63) is 47.9 Å². The van der Waals surface area contributed by atoms with E-state index in [2.05, 4.69) is 5.43 Å². The highest BCUT2D eigenvalue weighted by atomic mass is 16.7. The summed E-state index contributed by atoms with van der Waals surface area (Å²) < 4.78 is 10.3. The van der Waals surface area contributed by atoms with Crippen LogP contribution in [0.4, 0.5) is 0 Å². The molecule has 1 aliphatic rings. The Kier molecular flexibility index (Phi) is 2.55. The van der Waals surface area contributed by atoms with E-state index in [0.717, 1.165) is 0 Å². The lowest BCUT2D eigenvalue weighted by molar-refractivity contribution is -0.0251. The topological polar surface area (TPSA) is 73.6 Å². The van der Waals surface area contributed by atoms with Crippen molar-refractivity contribution >= 4 is 5.91 Å². The molecule has 1 aromatic rings. The number of hydrogen-bond acceptors (Lipinski definition) is 4. The number of carbonyl (C=O) groups is 1. The summed E-state index contributed by atoms with van der Waals surface area (Å²) in [5.41, 5.74) is 3.16. The van der Waals surface area contributed by atoms with Crippen LogP contribution in [0.15, 0.2) is 36.8 Å². The van der Waals surface area contributed by atoms with Crippen LogP contribution in [0.5, 0.6) is 0 Å². The van der Waals surface area contributed by atoms with Crippen molar-refractivity contribution in [2.24, 2.45) is 5.84 Å². The number of amides is 1. The van der Waals surface area contributed by atoms with Gasteiger partial charge in [-0.25, -0.2) is 5.84 Å². The molecule has 0 aromatic heterocycles. The molecule has 0 fully saturated rings. The summed E-state index contributed by atoms with van der Waals surface area (Å²) >= 11 is 0. The molecule has 0 aliphatic carbocycles. The van der Waals surface area contributed by atoms with Crippen LogP contribution in [0.25, 0.3) is 0 Å². The van der Waals surface area contributed by atoms with Gasteiger partial charge in [0.05, 0.1) is 5.56 Å². The molecule has 5 nitrogen and oxygen atoms in total. The van der Waals surface area contributed by atoms with Crippen LogP contribution in [-0.4, -0.2) is 5.91 Å². The van der Waals surface area contributed by atoms with Gasteiger partial charge in [0, 0.05) is 5.56 Å². The van der Waals surface area contributed by atoms with Crippen molar-refractivity contribution in [1.29, 1.82) is 0 Å². The summed E-state index contributed by atoms with van der Waals surface area (Å²) in [5, 5.41) is 0. The number of hydrogen-bond donors (Lipinski definition) is 2. The number of nitrogens with one attached hydrogen (secondary N) is 1. The van der Waals surface area contributed by atoms with Crippen molar-refractivity contribution in [2.45, 2.75) is 6.29 Å². The molecule has 1 aliphatic heterocycles. The predicted molar refractivity (Wildman–Crippen MR) is 52.1 cm³/mol. The van der Waals surface area contributed by atoms with Crippen molar-refractivity contribution in [1.82, 2.24) is 5.43 Å². The number of ether oxygens (including phenoxy) is 2. The fourth-order valence-electron chi connectivity index (χ4n) is 1.37. The molecule has 1 aromatic carbocycles. The van der Waals surface area contributed by atoms with Crippen LogP contribution in [0.1, 0.15) is 22.2 Å². The number of hydrazine groups is 1. The number of benzene rings is 1. The molecule has 0 saturated carbocycles. The minimum Gasteiger partial charge on any atom is -0.455 e. The molecule has 0 unspecified atom stereocenters. The van der Waals surface area contributed by atoms with E-state index in [1.165, 1.54) is 12.5 Å². The lowest BCUT2D eigenvalue weighted by Gasteiger charge is -2.13. The molecule has 1 heterocycles. The van der Waals surface area contributed by atoms with Gasteiger partial charge >= 0.3 is 0 Å². The van der Waals surface area contributed by atoms with Gasteiger partial charge < -0.3 is 9.47 Å². The number of carbonyl (C=O) groups excluding carboxylic acids is 1. The Bertz CT molecular complexity index is 395. The molecule has 0 atom stereocenters. The van der Waals surface area contributed by atoms with E-state index in [-0.39, 0.29) is 5.91 Å². The fraction of sp³-hybridized carbons (Fsp3) is 0.100. The molecule has 2 rings (SSSR count). The Hall–Kier alpha value is -2.01. The Labute approximate surface area is 86.4 Å². The predicted octanol–water partition coefficient (Wildman–Crippen LogP) is 0.807. The molecule has 78 valence electrons. The van der Waals surface area contributed by atoms with E-state index < -0.39 is 6.29 Å². The third kappa shape index (κ3) is 1.77. The van der Waals surface area contributed by atoms with E-state index in [1.54, 1.807) is 24.3 Å². The molecule has 0 bridgehead atoms. The van der Waals surface area contributed by atoms with Crippen LogP contribution in [0.2, 0.25) is 0 Å². The summed E-state index contributed by atoms with van der Waals surface area (Å²) in [6, 6.07) is 6.95. The Balaban J connectivity index is 2.33. The second kappa shape index (κ2) is 4.02. The van der Waals surface area contributed by atoms with Crippen molar-refractivity contribution in [3.63, 3.8) is 0 Å². The molecular formula is C10H10N2O3. The Morgan fingerprint density at radius 2 is 1.93 bits per heavy atom. The molecule has 5 heteroatoms. The molecule has 0 radical (unpaired) electrons. The molecular weight excluding hydrogens is 196 g/mol. The quantitative estimate of drug-likeness (QED) is 0.426. The molecule has 15 heavy (non-hydrogen) atoms. The van der Waals surface area contributed by atoms with Gasteiger partial charge in [0.2, 0.25) is 0 Å². The summed E-state index contributed by atoms with van der Waals surface area (Å²) in [5.74, 6) is 4.70. The van der Waals surface area contributed by atoms with Crippen molar-refractivity contribution in [3.8, 4) is 0 Å². The number of nitrogens with two attached hydrogens (primary N) is 1. The average Bonchev–Trinajstić information content (AvgIpc) is 2.81. The fourth-order valence-corrected chi connectivity index (χ4v) is 1.37. The third-order valence-corrected chi connectivity index (χ3v) is 2.05. The van der Waals surface area contributed by atoms with Crippen LogP contribution < -0.4 is 11.3 Å². The zero-order valence-corrected chi connectivity index (χ0v) is 7.84. The maximum atomic E-state index is 11.4. The van der Waals surface area contributed by atoms with Gasteiger partial charge in [-0.15, -0.1) is 0 Å². The van der Waals surface area contributed by atoms with E-state index in [1.807, 2.05) is 0 Å². The van der Waals surface area contributed by atoms with Gasteiger partial charge in [0.25, 0.3) is 12.2 Å². The zero-order valence-electron chi connectivity index (χ0n) is 7.84. The van der Waals surface area contributed by atoms with E-state index >= 15 is 0 Å². The first-order chi connectivity index (χ1) is 7.33. The average molecular weight is 206 g/mol. The molecule has 1 amide bonds. The highest BCUT2D eigenvalue weighted by molar-refractivity contribution is 5.95. The minimum atomic E-state index is -0.571. The van der Waals surface area contributed by atoms with E-state index in [9.17, 15) is 4.79 Å². The first-order valence-corrected chi connectivity index (χ1v) is 4.38. The summed E-state index contributed by atoms with van der Waals surface area (Å²) in [7, 11) is 0. The number of nitrogen functional groups attached to an aromatic ring is 1. The molecule has 0 saturated heterocycles. The van der Waals surface area contributed by atoms with Gasteiger partial charge in [-0.1, -0.05) is 18.2 Å². The summed E-state index contributed by atoms with van der Waals surface area (Å²) in [6.07, 6.45) is 2.29. The van der Waals surface area contributed by atoms with Crippen molar-refractivity contribution < 1.29 is 14.3 Å². The smallest absolute Gasteiger partial charge is 0.267 e. The highest BCUT2D eigenvalue weighted by Gasteiger charge is 2.21. The third-order valence-electron chi connectivity index (χ3n) is 2.05. The standard InChI is InChI=1S/C10H10N2O3/c11-12-9(13)7-3-1-2-4-8(7)10-14-5-6-15-10/h1-6,10H,11H2,(H,12,13). The summed E-state index contributed by atoms with van der Waals surface area (Å²) in [6.45, 7) is 0. The maximum Gasteiger partial charge on any atom is 0.267 e. The Morgan fingerprint density at radius 1 is 1.27 bits per heavy atom. The van der Waals surface area contributed by atoms with Crippen molar-refractivity contribution in [2.75, 3.05) is 0 Å². The molecule has 3 N–H and O–H groups in total. The molecule has 0 spiro atoms. The van der Waals surface area contributed by atoms with Crippen LogP contribution in [0, 0.1) is 0 Å². The summed E-state index contributed by atoms with van der Waals surface area (Å²) in [4.78, 5) is 11.4. The van der Waals surface area contributed by atoms with Crippen LogP contribution in [-0.2, 0) is 9.47 Å². The highest BCUT2D eigenvalue weighted by Crippen LogP contribution is 2.26. The van der Waals surface area contributed by atoms with Gasteiger partial charge in [-0.2, -0.15) is 0 Å². The van der Waals surface area contributed by atoms with E-state index in [0.29, 0.717) is 11.1 Å². The first-order valence-electron chi connectivity index (χ1n) is 4.38. The first kappa shape index (κ1) is 9.54. The largest absolute Gasteiger partial charge is 0.455 e. The minimum absolute atomic E-state index is 0.371. The zero-order chi connectivity index (χ0) is 10.7. The Morgan fingerprint density at radius 3 is 2.60 bits per heavy atom. The SMILES string of the molecule is NNC(=O)c1ccccc1C1OC=CO1. The van der Waals surface area contributed by atoms with E-state index in [4.69, 9.17) is 15.3 Å². The van der Waals surface area contributed by atoms with Gasteiger partial charge in [0.1, 0.15) is 12.5 Å². The van der Waals surface area contributed by atoms with Crippen LogP contribution in [0.3, 0.4) is 0 Å². The maximum absolute atomic E-state index is 11.4. The monoisotopic (exact) mass is 206 g/mol. The second-order valence-electron chi connectivity index (χ2n) is 2.94. The van der Waals surface area contributed by atoms with Gasteiger partial charge in [0.15, 0.2) is 0 Å².